The first kappa shape index (κ1) is 16.0. The van der Waals surface area contributed by atoms with Crippen LogP contribution in [-0.4, -0.2) is 44.8 Å². The predicted octanol–water partition coefficient (Wildman–Crippen LogP) is 2.77. The van der Waals surface area contributed by atoms with Gasteiger partial charge in [-0.3, -0.25) is 4.79 Å². The summed E-state index contributed by atoms with van der Waals surface area (Å²) < 4.78 is 16.9. The van der Waals surface area contributed by atoms with E-state index >= 15 is 0 Å². The Morgan fingerprint density at radius 2 is 1.96 bits per heavy atom. The van der Waals surface area contributed by atoms with Gasteiger partial charge >= 0.3 is 0 Å². The van der Waals surface area contributed by atoms with E-state index in [0.29, 0.717) is 36.4 Å². The summed E-state index contributed by atoms with van der Waals surface area (Å²) in [6.45, 7) is 3.14. The highest BCUT2D eigenvalue weighted by Gasteiger charge is 2.45. The Labute approximate surface area is 150 Å². The number of hydrogen-bond acceptors (Lipinski definition) is 7. The number of amides is 1. The van der Waals surface area contributed by atoms with Crippen LogP contribution in [0.4, 0.5) is 0 Å². The monoisotopic (exact) mass is 358 g/mol. The van der Waals surface area contributed by atoms with E-state index in [9.17, 15) is 4.79 Å². The molecule has 1 amide bonds. The Morgan fingerprint density at radius 3 is 2.65 bits per heavy atom. The van der Waals surface area contributed by atoms with Crippen LogP contribution in [0.15, 0.2) is 15.1 Å². The van der Waals surface area contributed by atoms with Crippen molar-refractivity contribution in [3.8, 4) is 0 Å². The van der Waals surface area contributed by atoms with E-state index in [2.05, 4.69) is 15.3 Å². The second kappa shape index (κ2) is 5.90. The number of likely N-dealkylation sites (tertiary alicyclic amines) is 1. The van der Waals surface area contributed by atoms with E-state index in [0.717, 1.165) is 44.3 Å². The average Bonchev–Trinajstić information content (AvgIpc) is 3.06. The van der Waals surface area contributed by atoms with Gasteiger partial charge in [-0.05, 0) is 45.4 Å². The molecule has 2 saturated heterocycles. The molecule has 2 aromatic rings. The van der Waals surface area contributed by atoms with Crippen molar-refractivity contribution in [2.75, 3.05) is 13.1 Å². The summed E-state index contributed by atoms with van der Waals surface area (Å²) in [6, 6.07) is 1.81. The Balaban J connectivity index is 1.21. The van der Waals surface area contributed by atoms with E-state index in [-0.39, 0.29) is 17.6 Å². The number of nitrogens with zero attached hydrogens (tertiary/aromatic N) is 4. The molecule has 4 heterocycles. The molecule has 0 bridgehead atoms. The van der Waals surface area contributed by atoms with Crippen molar-refractivity contribution in [2.24, 2.45) is 0 Å². The van der Waals surface area contributed by atoms with Gasteiger partial charge in [-0.1, -0.05) is 10.3 Å². The molecule has 1 spiro atoms. The van der Waals surface area contributed by atoms with Crippen molar-refractivity contribution >= 4 is 5.91 Å². The van der Waals surface area contributed by atoms with Gasteiger partial charge in [0.15, 0.2) is 11.5 Å². The molecular formula is C18H22N4O4. The molecule has 1 aliphatic carbocycles. The summed E-state index contributed by atoms with van der Waals surface area (Å²) in [7, 11) is 0. The number of ether oxygens (including phenoxy) is 1. The molecule has 1 saturated carbocycles. The second-order valence-electron chi connectivity index (χ2n) is 7.69. The minimum absolute atomic E-state index is 0.0439. The maximum absolute atomic E-state index is 12.7. The van der Waals surface area contributed by atoms with Crippen molar-refractivity contribution in [3.05, 3.63) is 29.2 Å². The van der Waals surface area contributed by atoms with E-state index in [1.807, 2.05) is 11.0 Å². The van der Waals surface area contributed by atoms with Crippen molar-refractivity contribution in [3.63, 3.8) is 0 Å². The quantitative estimate of drug-likeness (QED) is 0.832. The molecule has 0 unspecified atom stereocenters. The third-order valence-corrected chi connectivity index (χ3v) is 5.76. The first-order valence-electron chi connectivity index (χ1n) is 9.36. The van der Waals surface area contributed by atoms with Gasteiger partial charge in [0.2, 0.25) is 0 Å². The zero-order chi connectivity index (χ0) is 17.7. The first-order chi connectivity index (χ1) is 12.6. The van der Waals surface area contributed by atoms with Crippen molar-refractivity contribution in [1.29, 1.82) is 0 Å². The molecule has 0 aromatic carbocycles. The van der Waals surface area contributed by atoms with Crippen molar-refractivity contribution in [1.82, 2.24) is 20.2 Å². The van der Waals surface area contributed by atoms with Crippen LogP contribution in [0.2, 0.25) is 0 Å². The zero-order valence-corrected chi connectivity index (χ0v) is 14.8. The normalized spacial score (nSPS) is 25.1. The lowest BCUT2D eigenvalue weighted by Crippen LogP contribution is -2.46. The van der Waals surface area contributed by atoms with E-state index in [1.54, 1.807) is 6.92 Å². The third kappa shape index (κ3) is 2.82. The SMILES string of the molecule is Cc1noc([C@H]2CCC3(CCN(C(=O)c4cc(C5CC5)on4)CC3)O2)n1. The summed E-state index contributed by atoms with van der Waals surface area (Å²) >= 11 is 0. The van der Waals surface area contributed by atoms with Crippen molar-refractivity contribution in [2.45, 2.75) is 63.1 Å². The van der Waals surface area contributed by atoms with Gasteiger partial charge in [0.05, 0.1) is 5.60 Å². The van der Waals surface area contributed by atoms with Crippen LogP contribution >= 0.6 is 0 Å². The minimum atomic E-state index is -0.188. The van der Waals surface area contributed by atoms with Crippen LogP contribution in [0.5, 0.6) is 0 Å². The smallest absolute Gasteiger partial charge is 0.276 e. The molecule has 3 aliphatic rings. The molecule has 0 radical (unpaired) electrons. The number of aryl methyl sites for hydroxylation is 1. The lowest BCUT2D eigenvalue weighted by atomic mass is 9.88. The van der Waals surface area contributed by atoms with E-state index < -0.39 is 0 Å². The largest absolute Gasteiger partial charge is 0.362 e. The van der Waals surface area contributed by atoms with E-state index in [4.69, 9.17) is 13.8 Å². The van der Waals surface area contributed by atoms with Gasteiger partial charge in [0.25, 0.3) is 11.8 Å². The number of piperidine rings is 1. The fourth-order valence-electron chi connectivity index (χ4n) is 4.03. The molecule has 5 rings (SSSR count). The molecule has 8 nitrogen and oxygen atoms in total. The van der Waals surface area contributed by atoms with Gasteiger partial charge in [0.1, 0.15) is 11.9 Å². The molecule has 138 valence electrons. The Morgan fingerprint density at radius 1 is 1.15 bits per heavy atom. The highest BCUT2D eigenvalue weighted by atomic mass is 16.5. The van der Waals surface area contributed by atoms with Crippen LogP contribution < -0.4 is 0 Å². The van der Waals surface area contributed by atoms with Gasteiger partial charge in [-0.25, -0.2) is 0 Å². The molecule has 0 N–H and O–H groups in total. The Kier molecular flexibility index (Phi) is 3.63. The van der Waals surface area contributed by atoms with Gasteiger partial charge in [0, 0.05) is 25.1 Å². The van der Waals surface area contributed by atoms with Gasteiger partial charge in [-0.2, -0.15) is 4.98 Å². The van der Waals surface area contributed by atoms with Gasteiger partial charge < -0.3 is 18.7 Å². The highest BCUT2D eigenvalue weighted by molar-refractivity contribution is 5.92. The fourth-order valence-corrected chi connectivity index (χ4v) is 4.03. The standard InChI is InChI=1S/C18H22N4O4/c1-11-19-16(26-20-11)14-4-5-18(24-14)6-8-22(9-7-18)17(23)13-10-15(25-21-13)12-2-3-12/h10,12,14H,2-9H2,1H3/t14-/m1/s1. The molecule has 8 heteroatoms. The molecule has 1 atom stereocenters. The average molecular weight is 358 g/mol. The topological polar surface area (TPSA) is 94.5 Å². The second-order valence-corrected chi connectivity index (χ2v) is 7.69. The number of hydrogen-bond donors (Lipinski definition) is 0. The molecule has 26 heavy (non-hydrogen) atoms. The molecule has 3 fully saturated rings. The summed E-state index contributed by atoms with van der Waals surface area (Å²) in [5.41, 5.74) is 0.238. The third-order valence-electron chi connectivity index (χ3n) is 5.76. The maximum Gasteiger partial charge on any atom is 0.276 e. The molecule has 2 aliphatic heterocycles. The van der Waals surface area contributed by atoms with Crippen LogP contribution in [0.1, 0.15) is 78.5 Å². The van der Waals surface area contributed by atoms with Crippen LogP contribution in [0.3, 0.4) is 0 Å². The number of aromatic nitrogens is 3. The van der Waals surface area contributed by atoms with Gasteiger partial charge in [-0.15, -0.1) is 0 Å². The van der Waals surface area contributed by atoms with Crippen LogP contribution in [0, 0.1) is 6.92 Å². The summed E-state index contributed by atoms with van der Waals surface area (Å²) in [5.74, 6) is 2.46. The predicted molar refractivity (Wildman–Crippen MR) is 88.4 cm³/mol. The number of carbonyl (C=O) groups excluding carboxylic acids is 1. The Hall–Kier alpha value is -2.22. The summed E-state index contributed by atoms with van der Waals surface area (Å²) in [5, 5.41) is 7.82. The molecular weight excluding hydrogens is 336 g/mol. The lowest BCUT2D eigenvalue weighted by molar-refractivity contribution is -0.0821. The Bertz CT molecular complexity index is 817. The van der Waals surface area contributed by atoms with Crippen molar-refractivity contribution < 1.29 is 18.6 Å². The lowest BCUT2D eigenvalue weighted by Gasteiger charge is -2.38. The van der Waals surface area contributed by atoms with Crippen LogP contribution in [-0.2, 0) is 4.74 Å². The fraction of sp³-hybridized carbons (Fsp3) is 0.667. The zero-order valence-electron chi connectivity index (χ0n) is 14.8. The summed E-state index contributed by atoms with van der Waals surface area (Å²) in [6.07, 6.45) is 5.60. The molecule has 2 aromatic heterocycles. The first-order valence-corrected chi connectivity index (χ1v) is 9.36. The number of carbonyl (C=O) groups is 1. The summed E-state index contributed by atoms with van der Waals surface area (Å²) in [4.78, 5) is 18.8. The van der Waals surface area contributed by atoms with E-state index in [1.165, 1.54) is 0 Å². The van der Waals surface area contributed by atoms with Crippen LogP contribution in [0.25, 0.3) is 0 Å². The highest BCUT2D eigenvalue weighted by Crippen LogP contribution is 2.45. The number of rotatable bonds is 3. The maximum atomic E-state index is 12.7. The minimum Gasteiger partial charge on any atom is -0.362 e.